The van der Waals surface area contributed by atoms with Gasteiger partial charge in [-0.2, -0.15) is 0 Å². The van der Waals surface area contributed by atoms with E-state index in [4.69, 9.17) is 19.9 Å². The molecule has 3 N–H and O–H groups in total. The van der Waals surface area contributed by atoms with Gasteiger partial charge in [-0.25, -0.2) is 9.97 Å². The van der Waals surface area contributed by atoms with E-state index in [1.54, 1.807) is 44.8 Å². The second-order valence-corrected chi connectivity index (χ2v) is 7.00. The third kappa shape index (κ3) is 4.40. The number of nitrogens with one attached hydrogen (secondary N) is 1. The number of hydrogen-bond donors (Lipinski definition) is 2. The van der Waals surface area contributed by atoms with Gasteiger partial charge in [0.2, 0.25) is 0 Å². The Kier molecular flexibility index (Phi) is 6.31. The maximum atomic E-state index is 13.1. The van der Waals surface area contributed by atoms with Crippen LogP contribution in [0.3, 0.4) is 0 Å². The smallest absolute Gasteiger partial charge is 0.278 e. The highest BCUT2D eigenvalue weighted by Crippen LogP contribution is 2.33. The highest BCUT2D eigenvalue weighted by atomic mass is 16.5. The van der Waals surface area contributed by atoms with Crippen LogP contribution in [-0.2, 0) is 4.74 Å². The van der Waals surface area contributed by atoms with E-state index in [0.29, 0.717) is 41.7 Å². The van der Waals surface area contributed by atoms with Crippen LogP contribution in [0.25, 0.3) is 11.3 Å². The minimum atomic E-state index is -0.480. The molecule has 1 amide bonds. The molecule has 0 radical (unpaired) electrons. The number of amides is 1. The van der Waals surface area contributed by atoms with E-state index in [-0.39, 0.29) is 11.5 Å². The van der Waals surface area contributed by atoms with Gasteiger partial charge in [-0.05, 0) is 18.2 Å². The van der Waals surface area contributed by atoms with E-state index >= 15 is 0 Å². The molecule has 1 aliphatic heterocycles. The van der Waals surface area contributed by atoms with E-state index in [1.165, 1.54) is 6.20 Å². The summed E-state index contributed by atoms with van der Waals surface area (Å²) in [6.07, 6.45) is 4.79. The number of nitrogens with zero attached hydrogens (tertiary/aromatic N) is 4. The van der Waals surface area contributed by atoms with Crippen LogP contribution in [-0.4, -0.2) is 61.4 Å². The summed E-state index contributed by atoms with van der Waals surface area (Å²) in [5.41, 5.74) is 8.53. The molecule has 1 aliphatic rings. The molecule has 0 spiro atoms. The number of rotatable bonds is 6. The van der Waals surface area contributed by atoms with E-state index in [2.05, 4.69) is 25.2 Å². The Morgan fingerprint density at radius 3 is 2.72 bits per heavy atom. The van der Waals surface area contributed by atoms with Gasteiger partial charge >= 0.3 is 0 Å². The summed E-state index contributed by atoms with van der Waals surface area (Å²) in [5.74, 6) is 0.721. The molecule has 10 nitrogen and oxygen atoms in total. The van der Waals surface area contributed by atoms with Crippen LogP contribution in [0.15, 0.2) is 42.9 Å². The highest BCUT2D eigenvalue weighted by Gasteiger charge is 2.20. The van der Waals surface area contributed by atoms with Crippen LogP contribution in [0.4, 0.5) is 17.2 Å². The van der Waals surface area contributed by atoms with Crippen LogP contribution in [0.5, 0.6) is 11.5 Å². The van der Waals surface area contributed by atoms with Gasteiger partial charge in [0, 0.05) is 30.9 Å². The average molecular weight is 436 g/mol. The average Bonchev–Trinajstić information content (AvgIpc) is 2.84. The summed E-state index contributed by atoms with van der Waals surface area (Å²) >= 11 is 0. The van der Waals surface area contributed by atoms with E-state index in [1.807, 2.05) is 6.07 Å². The number of ether oxygens (including phenoxy) is 3. The molecular formula is C22H24N6O4. The maximum absolute atomic E-state index is 13.1. The molecule has 2 aromatic heterocycles. The van der Waals surface area contributed by atoms with E-state index in [9.17, 15) is 4.79 Å². The van der Waals surface area contributed by atoms with Crippen molar-refractivity contribution in [3.8, 4) is 22.8 Å². The first-order valence-corrected chi connectivity index (χ1v) is 10.0. The summed E-state index contributed by atoms with van der Waals surface area (Å²) in [7, 11) is 3.12. The van der Waals surface area contributed by atoms with Gasteiger partial charge in [-0.1, -0.05) is 0 Å². The van der Waals surface area contributed by atoms with Crippen LogP contribution in [0.1, 0.15) is 10.5 Å². The number of pyridine rings is 1. The molecule has 1 aromatic carbocycles. The lowest BCUT2D eigenvalue weighted by Gasteiger charge is -2.30. The minimum Gasteiger partial charge on any atom is -0.497 e. The van der Waals surface area contributed by atoms with Crippen molar-refractivity contribution >= 4 is 23.1 Å². The number of carbonyl (C=O) groups is 1. The lowest BCUT2D eigenvalue weighted by molar-refractivity contribution is 0.102. The second kappa shape index (κ2) is 9.48. The number of nitrogen functional groups attached to an aromatic ring is 1. The fraction of sp³-hybridized carbons (Fsp3) is 0.273. The Hall–Kier alpha value is -3.92. The lowest BCUT2D eigenvalue weighted by atomic mass is 10.1. The van der Waals surface area contributed by atoms with Gasteiger partial charge in [-0.3, -0.25) is 9.78 Å². The molecule has 166 valence electrons. The van der Waals surface area contributed by atoms with E-state index in [0.717, 1.165) is 18.8 Å². The summed E-state index contributed by atoms with van der Waals surface area (Å²) in [4.78, 5) is 28.0. The number of morpholine rings is 1. The Morgan fingerprint density at radius 1 is 1.16 bits per heavy atom. The van der Waals surface area contributed by atoms with Crippen molar-refractivity contribution in [3.05, 3.63) is 48.5 Å². The molecule has 1 fully saturated rings. The van der Waals surface area contributed by atoms with Crippen LogP contribution >= 0.6 is 0 Å². The lowest BCUT2D eigenvalue weighted by Crippen LogP contribution is -2.36. The normalized spacial score (nSPS) is 13.5. The second-order valence-electron chi connectivity index (χ2n) is 7.00. The van der Waals surface area contributed by atoms with Crippen molar-refractivity contribution in [2.75, 3.05) is 56.5 Å². The van der Waals surface area contributed by atoms with Gasteiger partial charge in [-0.15, -0.1) is 0 Å². The molecule has 1 saturated heterocycles. The number of aromatic nitrogens is 3. The largest absolute Gasteiger partial charge is 0.497 e. The number of nitrogens with two attached hydrogens (primary N) is 1. The zero-order chi connectivity index (χ0) is 22.5. The highest BCUT2D eigenvalue weighted by molar-refractivity contribution is 6.07. The Labute approximate surface area is 185 Å². The fourth-order valence-electron chi connectivity index (χ4n) is 3.45. The van der Waals surface area contributed by atoms with Gasteiger partial charge in [0.1, 0.15) is 11.5 Å². The van der Waals surface area contributed by atoms with Crippen LogP contribution in [0.2, 0.25) is 0 Å². The molecule has 0 bridgehead atoms. The molecule has 4 rings (SSSR count). The number of hydrogen-bond acceptors (Lipinski definition) is 9. The van der Waals surface area contributed by atoms with Crippen LogP contribution < -0.4 is 25.4 Å². The minimum absolute atomic E-state index is 0.0113. The first-order chi connectivity index (χ1) is 15.6. The standard InChI is InChI=1S/C22H24N6O4/c1-30-14-3-4-15(19(11-14)31-2)16-13-25-21(23)20(26-16)22(29)27-17-12-24-6-5-18(17)28-7-9-32-10-8-28/h3-6,11-13H,7-10H2,1-2H3,(H2,23,25)(H,27,29). The van der Waals surface area contributed by atoms with E-state index < -0.39 is 5.91 Å². The Morgan fingerprint density at radius 2 is 1.97 bits per heavy atom. The fourth-order valence-corrected chi connectivity index (χ4v) is 3.45. The predicted octanol–water partition coefficient (Wildman–Crippen LogP) is 2.23. The van der Waals surface area contributed by atoms with Gasteiger partial charge in [0.05, 0.1) is 56.9 Å². The third-order valence-electron chi connectivity index (χ3n) is 5.10. The van der Waals surface area contributed by atoms with Crippen molar-refractivity contribution in [1.82, 2.24) is 15.0 Å². The monoisotopic (exact) mass is 436 g/mol. The maximum Gasteiger partial charge on any atom is 0.278 e. The van der Waals surface area contributed by atoms with Crippen molar-refractivity contribution in [2.45, 2.75) is 0 Å². The summed E-state index contributed by atoms with van der Waals surface area (Å²) in [6, 6.07) is 7.16. The van der Waals surface area contributed by atoms with Crippen molar-refractivity contribution in [1.29, 1.82) is 0 Å². The molecule has 10 heteroatoms. The zero-order valence-corrected chi connectivity index (χ0v) is 17.9. The summed E-state index contributed by atoms with van der Waals surface area (Å²) in [5, 5.41) is 2.87. The van der Waals surface area contributed by atoms with Crippen molar-refractivity contribution in [2.24, 2.45) is 0 Å². The number of anilines is 3. The predicted molar refractivity (Wildman–Crippen MR) is 120 cm³/mol. The molecule has 3 heterocycles. The first-order valence-electron chi connectivity index (χ1n) is 10.0. The van der Waals surface area contributed by atoms with Crippen molar-refractivity contribution < 1.29 is 19.0 Å². The van der Waals surface area contributed by atoms with Crippen LogP contribution in [0, 0.1) is 0 Å². The Balaban J connectivity index is 1.64. The van der Waals surface area contributed by atoms with Gasteiger partial charge in [0.15, 0.2) is 11.5 Å². The first kappa shape index (κ1) is 21.3. The molecule has 0 saturated carbocycles. The molecule has 3 aromatic rings. The third-order valence-corrected chi connectivity index (χ3v) is 5.10. The molecular weight excluding hydrogens is 412 g/mol. The topological polar surface area (TPSA) is 125 Å². The summed E-state index contributed by atoms with van der Waals surface area (Å²) in [6.45, 7) is 2.70. The quantitative estimate of drug-likeness (QED) is 0.598. The molecule has 0 atom stereocenters. The van der Waals surface area contributed by atoms with Gasteiger partial charge < -0.3 is 30.2 Å². The summed E-state index contributed by atoms with van der Waals surface area (Å²) < 4.78 is 16.1. The zero-order valence-electron chi connectivity index (χ0n) is 17.9. The van der Waals surface area contributed by atoms with Crippen molar-refractivity contribution in [3.63, 3.8) is 0 Å². The number of methoxy groups -OCH3 is 2. The SMILES string of the molecule is COc1ccc(-c2cnc(N)c(C(=O)Nc3cnccc3N3CCOCC3)n2)c(OC)c1. The molecule has 0 aliphatic carbocycles. The molecule has 32 heavy (non-hydrogen) atoms. The van der Waals surface area contributed by atoms with Gasteiger partial charge in [0.25, 0.3) is 5.91 Å². The number of benzene rings is 1. The molecule has 0 unspecified atom stereocenters. The number of carbonyl (C=O) groups excluding carboxylic acids is 1. The Bertz CT molecular complexity index is 1120.